The van der Waals surface area contributed by atoms with E-state index in [0.29, 0.717) is 4.05 Å². The van der Waals surface area contributed by atoms with Crippen molar-refractivity contribution in [3.05, 3.63) is 34.9 Å². The Bertz CT molecular complexity index is 378. The highest BCUT2D eigenvalue weighted by molar-refractivity contribution is 14.1. The van der Waals surface area contributed by atoms with Gasteiger partial charge in [-0.05, 0) is 46.2 Å². The lowest BCUT2D eigenvalue weighted by atomic mass is 10.1. The lowest BCUT2D eigenvalue weighted by molar-refractivity contribution is -0.889. The van der Waals surface area contributed by atoms with E-state index in [-0.39, 0.29) is 0 Å². The molecule has 1 nitrogen and oxygen atoms in total. The number of rotatable bonds is 4. The summed E-state index contributed by atoms with van der Waals surface area (Å²) in [6, 6.07) is 8.01. The quantitative estimate of drug-likeness (QED) is 0.257. The third kappa shape index (κ3) is 3.97. The molecule has 0 aliphatic carbocycles. The molecule has 0 spiro atoms. The molecule has 0 bridgehead atoms. The number of hydrogen-bond donors (Lipinski definition) is 0. The van der Waals surface area contributed by atoms with Gasteiger partial charge >= 0.3 is 0 Å². The Labute approximate surface area is 117 Å². The van der Waals surface area contributed by atoms with Crippen LogP contribution in [-0.2, 0) is 6.42 Å². The summed E-state index contributed by atoms with van der Waals surface area (Å²) < 4.78 is 1.30. The van der Waals surface area contributed by atoms with Crippen molar-refractivity contribution in [1.82, 2.24) is 0 Å². The summed E-state index contributed by atoms with van der Waals surface area (Å²) in [5.41, 5.74) is 1.30. The molecule has 1 aromatic rings. The third-order valence-electron chi connectivity index (χ3n) is 2.57. The Hall–Kier alpha value is -0.240. The van der Waals surface area contributed by atoms with E-state index in [0.717, 1.165) is 22.5 Å². The molecule has 0 saturated heterocycles. The SMILES string of the molecule is C#CC[N+](C)(C)C(I)Cc1ccc(Cl)cc1. The van der Waals surface area contributed by atoms with Gasteiger partial charge in [0.2, 0.25) is 0 Å². The molecule has 3 heteroatoms. The first-order chi connectivity index (χ1) is 7.45. The van der Waals surface area contributed by atoms with E-state index in [1.165, 1.54) is 5.56 Å². The topological polar surface area (TPSA) is 0 Å². The van der Waals surface area contributed by atoms with E-state index in [2.05, 4.69) is 54.7 Å². The van der Waals surface area contributed by atoms with E-state index in [9.17, 15) is 0 Å². The molecule has 1 rings (SSSR count). The molecular weight excluding hydrogens is 333 g/mol. The minimum absolute atomic E-state index is 0.467. The lowest BCUT2D eigenvalue weighted by Gasteiger charge is -2.33. The van der Waals surface area contributed by atoms with Crippen molar-refractivity contribution in [2.24, 2.45) is 0 Å². The van der Waals surface area contributed by atoms with Gasteiger partial charge in [0, 0.05) is 11.4 Å². The molecule has 0 N–H and O–H groups in total. The second-order valence-corrected chi connectivity index (χ2v) is 6.28. The third-order valence-corrected chi connectivity index (χ3v) is 4.78. The molecule has 0 amide bonds. The number of likely N-dealkylation sites (N-methyl/N-ethyl adjacent to an activating group) is 1. The van der Waals surface area contributed by atoms with Crippen molar-refractivity contribution in [3.63, 3.8) is 0 Å². The van der Waals surface area contributed by atoms with Crippen molar-refractivity contribution in [2.45, 2.75) is 10.5 Å². The van der Waals surface area contributed by atoms with Gasteiger partial charge in [-0.3, -0.25) is 0 Å². The summed E-state index contributed by atoms with van der Waals surface area (Å²) >= 11 is 8.32. The maximum Gasteiger partial charge on any atom is 0.144 e. The second-order valence-electron chi connectivity index (χ2n) is 4.41. The van der Waals surface area contributed by atoms with Crippen LogP contribution in [0.4, 0.5) is 0 Å². The molecule has 16 heavy (non-hydrogen) atoms. The van der Waals surface area contributed by atoms with E-state index in [1.807, 2.05) is 12.1 Å². The van der Waals surface area contributed by atoms with E-state index < -0.39 is 0 Å². The van der Waals surface area contributed by atoms with Gasteiger partial charge in [0.15, 0.2) is 0 Å². The second kappa shape index (κ2) is 5.90. The number of quaternary nitrogens is 1. The average molecular weight is 349 g/mol. The van der Waals surface area contributed by atoms with Gasteiger partial charge in [0.05, 0.1) is 14.1 Å². The van der Waals surface area contributed by atoms with Gasteiger partial charge in [-0.1, -0.05) is 23.7 Å². The van der Waals surface area contributed by atoms with Crippen LogP contribution in [0, 0.1) is 12.3 Å². The number of alkyl halides is 1. The van der Waals surface area contributed by atoms with Crippen LogP contribution in [0.25, 0.3) is 0 Å². The Balaban J connectivity index is 2.67. The van der Waals surface area contributed by atoms with Crippen LogP contribution in [0.5, 0.6) is 0 Å². The predicted molar refractivity (Wildman–Crippen MR) is 78.8 cm³/mol. The summed E-state index contributed by atoms with van der Waals surface area (Å²) in [5.74, 6) is 2.73. The largest absolute Gasteiger partial charge is 0.308 e. The van der Waals surface area contributed by atoms with Gasteiger partial charge in [-0.25, -0.2) is 0 Å². The summed E-state index contributed by atoms with van der Waals surface area (Å²) in [6.07, 6.45) is 6.39. The van der Waals surface area contributed by atoms with Crippen molar-refractivity contribution in [3.8, 4) is 12.3 Å². The number of benzene rings is 1. The van der Waals surface area contributed by atoms with E-state index in [1.54, 1.807) is 0 Å². The van der Waals surface area contributed by atoms with Crippen LogP contribution in [-0.4, -0.2) is 29.2 Å². The van der Waals surface area contributed by atoms with Crippen LogP contribution in [0.2, 0.25) is 5.02 Å². The van der Waals surface area contributed by atoms with Crippen LogP contribution in [0.1, 0.15) is 5.56 Å². The molecule has 1 atom stereocenters. The smallest absolute Gasteiger partial charge is 0.144 e. The molecule has 86 valence electrons. The summed E-state index contributed by atoms with van der Waals surface area (Å²) in [7, 11) is 4.32. The van der Waals surface area contributed by atoms with Gasteiger partial charge in [0.25, 0.3) is 0 Å². The fraction of sp³-hybridized carbons (Fsp3) is 0.385. The molecule has 0 aromatic heterocycles. The first-order valence-electron chi connectivity index (χ1n) is 5.10. The summed E-state index contributed by atoms with van der Waals surface area (Å²) in [4.78, 5) is 0. The highest BCUT2D eigenvalue weighted by atomic mass is 127. The maximum absolute atomic E-state index is 5.86. The normalized spacial score (nSPS) is 13.2. The first-order valence-corrected chi connectivity index (χ1v) is 6.73. The molecule has 0 saturated carbocycles. The fourth-order valence-electron chi connectivity index (χ4n) is 1.40. The van der Waals surface area contributed by atoms with Crippen LogP contribution < -0.4 is 0 Å². The first kappa shape index (κ1) is 13.8. The van der Waals surface area contributed by atoms with Crippen molar-refractivity contribution in [1.29, 1.82) is 0 Å². The molecule has 0 fully saturated rings. The van der Waals surface area contributed by atoms with Crippen molar-refractivity contribution >= 4 is 34.2 Å². The minimum Gasteiger partial charge on any atom is -0.308 e. The predicted octanol–water partition coefficient (Wildman–Crippen LogP) is 3.35. The Morgan fingerprint density at radius 1 is 1.38 bits per heavy atom. The van der Waals surface area contributed by atoms with Gasteiger partial charge in [-0.2, -0.15) is 0 Å². The zero-order valence-corrected chi connectivity index (χ0v) is 12.5. The van der Waals surface area contributed by atoms with Crippen LogP contribution in [0.15, 0.2) is 24.3 Å². The van der Waals surface area contributed by atoms with Gasteiger partial charge in [-0.15, -0.1) is 6.42 Å². The minimum atomic E-state index is 0.467. The van der Waals surface area contributed by atoms with Crippen molar-refractivity contribution in [2.75, 3.05) is 20.6 Å². The highest BCUT2D eigenvalue weighted by Gasteiger charge is 2.24. The van der Waals surface area contributed by atoms with E-state index >= 15 is 0 Å². The highest BCUT2D eigenvalue weighted by Crippen LogP contribution is 2.20. The molecular formula is C13H16ClIN+. The maximum atomic E-state index is 5.86. The summed E-state index contributed by atoms with van der Waals surface area (Å²) in [6.45, 7) is 0.751. The number of nitrogens with zero attached hydrogens (tertiary/aromatic N) is 1. The standard InChI is InChI=1S/C13H16ClIN/c1-4-9-16(2,3)13(15)10-11-5-7-12(14)8-6-11/h1,5-8,13H,9-10H2,2-3H3/q+1. The van der Waals surface area contributed by atoms with Crippen LogP contribution >= 0.6 is 34.2 Å². The Kier molecular flexibility index (Phi) is 5.10. The van der Waals surface area contributed by atoms with Gasteiger partial charge < -0.3 is 4.48 Å². The zero-order valence-electron chi connectivity index (χ0n) is 9.58. The molecule has 0 aliphatic heterocycles. The summed E-state index contributed by atoms with van der Waals surface area (Å²) in [5, 5.41) is 0.783. The number of halogens is 2. The number of terminal acetylenes is 1. The molecule has 1 aromatic carbocycles. The fourth-order valence-corrected chi connectivity index (χ4v) is 2.23. The van der Waals surface area contributed by atoms with Crippen LogP contribution in [0.3, 0.4) is 0 Å². The molecule has 0 radical (unpaired) electrons. The molecule has 0 aliphatic rings. The lowest BCUT2D eigenvalue weighted by Crippen LogP contribution is -2.46. The van der Waals surface area contributed by atoms with Gasteiger partial charge in [0.1, 0.15) is 10.6 Å². The monoisotopic (exact) mass is 348 g/mol. The molecule has 1 unspecified atom stereocenters. The Morgan fingerprint density at radius 3 is 2.44 bits per heavy atom. The Morgan fingerprint density at radius 2 is 1.94 bits per heavy atom. The average Bonchev–Trinajstić information content (AvgIpc) is 2.21. The zero-order chi connectivity index (χ0) is 12.2. The van der Waals surface area contributed by atoms with E-state index in [4.69, 9.17) is 18.0 Å². The number of hydrogen-bond acceptors (Lipinski definition) is 0. The van der Waals surface area contributed by atoms with Crippen molar-refractivity contribution < 1.29 is 4.48 Å². The molecule has 0 heterocycles.